The lowest BCUT2D eigenvalue weighted by atomic mass is 9.88. The van der Waals surface area contributed by atoms with E-state index in [1.807, 2.05) is 24.3 Å². The number of para-hydroxylation sites is 1. The number of halogens is 2. The summed E-state index contributed by atoms with van der Waals surface area (Å²) in [6.45, 7) is -0.970. The number of hydrogen-bond acceptors (Lipinski definition) is 10. The molecular weight excluding hydrogens is 608 g/mol. The highest BCUT2D eigenvalue weighted by atomic mass is 32.2. The molecule has 15 heteroatoms. The first-order valence-corrected chi connectivity index (χ1v) is 16.6. The largest absolute Gasteiger partial charge is 0.491 e. The van der Waals surface area contributed by atoms with Gasteiger partial charge in [-0.3, -0.25) is 4.98 Å². The van der Waals surface area contributed by atoms with E-state index in [9.17, 15) is 30.7 Å². The molecule has 0 saturated carbocycles. The second-order valence-corrected chi connectivity index (χ2v) is 14.8. The smallest absolute Gasteiger partial charge is 0.372 e. The van der Waals surface area contributed by atoms with Gasteiger partial charge in [0.2, 0.25) is 19.9 Å². The van der Waals surface area contributed by atoms with E-state index in [1.165, 1.54) is 22.6 Å². The van der Waals surface area contributed by atoms with Gasteiger partial charge in [0, 0.05) is 37.3 Å². The van der Waals surface area contributed by atoms with E-state index in [0.29, 0.717) is 39.0 Å². The monoisotopic (exact) mass is 641 g/mol. The third-order valence-corrected chi connectivity index (χ3v) is 11.5. The lowest BCUT2D eigenvalue weighted by Crippen LogP contribution is -2.47. The summed E-state index contributed by atoms with van der Waals surface area (Å²) in [5.41, 5.74) is 0.245. The molecule has 0 unspecified atom stereocenters. The van der Waals surface area contributed by atoms with Crippen LogP contribution < -0.4 is 10.1 Å². The van der Waals surface area contributed by atoms with Crippen LogP contribution in [-0.2, 0) is 24.6 Å². The molecule has 0 radical (unpaired) electrons. The van der Waals surface area contributed by atoms with Crippen molar-refractivity contribution >= 4 is 30.8 Å². The molecule has 3 N–H and O–H groups in total. The lowest BCUT2D eigenvalue weighted by molar-refractivity contribution is -0.0312. The molecule has 2 atom stereocenters. The van der Waals surface area contributed by atoms with Crippen LogP contribution >= 0.6 is 0 Å². The summed E-state index contributed by atoms with van der Waals surface area (Å²) >= 11 is 0. The highest BCUT2D eigenvalue weighted by Gasteiger charge is 2.46. The minimum Gasteiger partial charge on any atom is -0.491 e. The van der Waals surface area contributed by atoms with Crippen LogP contribution in [0.25, 0.3) is 10.9 Å². The number of pyridine rings is 1. The van der Waals surface area contributed by atoms with E-state index in [1.54, 1.807) is 6.07 Å². The van der Waals surface area contributed by atoms with Crippen molar-refractivity contribution in [3.8, 4) is 5.75 Å². The summed E-state index contributed by atoms with van der Waals surface area (Å²) < 4.78 is 91.0. The van der Waals surface area contributed by atoms with Gasteiger partial charge in [0.25, 0.3) is 0 Å². The summed E-state index contributed by atoms with van der Waals surface area (Å²) in [4.78, 5) is 3.73. The summed E-state index contributed by atoms with van der Waals surface area (Å²) in [6, 6.07) is 13.4. The molecule has 2 aliphatic heterocycles. The second-order valence-electron chi connectivity index (χ2n) is 10.8. The van der Waals surface area contributed by atoms with Crippen molar-refractivity contribution in [2.75, 3.05) is 39.5 Å². The molecule has 2 saturated heterocycles. The van der Waals surface area contributed by atoms with E-state index in [4.69, 9.17) is 14.6 Å². The highest BCUT2D eigenvalue weighted by molar-refractivity contribution is 7.92. The van der Waals surface area contributed by atoms with Crippen molar-refractivity contribution in [1.29, 1.82) is 0 Å². The number of aliphatic hydroxyl groups excluding tert-OH is 2. The average molecular weight is 642 g/mol. The van der Waals surface area contributed by atoms with Gasteiger partial charge in [-0.25, -0.2) is 16.8 Å². The van der Waals surface area contributed by atoms with Gasteiger partial charge in [0.05, 0.1) is 22.6 Å². The first-order valence-electron chi connectivity index (χ1n) is 13.7. The molecule has 2 aliphatic rings. The van der Waals surface area contributed by atoms with E-state index in [2.05, 4.69) is 10.3 Å². The van der Waals surface area contributed by atoms with Gasteiger partial charge in [-0.2, -0.15) is 13.1 Å². The first-order chi connectivity index (χ1) is 20.4. The predicted octanol–water partition coefficient (Wildman–Crippen LogP) is 1.94. The van der Waals surface area contributed by atoms with E-state index in [-0.39, 0.29) is 29.8 Å². The molecule has 5 rings (SSSR count). The zero-order valence-electron chi connectivity index (χ0n) is 23.1. The predicted molar refractivity (Wildman–Crippen MR) is 152 cm³/mol. The maximum atomic E-state index is 13.7. The Balaban J connectivity index is 1.09. The van der Waals surface area contributed by atoms with Crippen LogP contribution in [0.15, 0.2) is 70.6 Å². The van der Waals surface area contributed by atoms with E-state index < -0.39 is 48.3 Å². The number of nitrogens with one attached hydrogen (secondary N) is 1. The Morgan fingerprint density at radius 2 is 1.84 bits per heavy atom. The molecule has 3 heterocycles. The molecule has 1 aromatic heterocycles. The number of ether oxygens (including phenoxy) is 2. The fourth-order valence-electron chi connectivity index (χ4n) is 5.34. The number of aromatic nitrogens is 1. The van der Waals surface area contributed by atoms with Crippen molar-refractivity contribution in [2.45, 2.75) is 52.1 Å². The molecule has 3 aromatic rings. The number of sulfonamides is 1. The maximum Gasteiger partial charge on any atom is 0.372 e. The van der Waals surface area contributed by atoms with Crippen LogP contribution in [0.5, 0.6) is 5.75 Å². The number of benzene rings is 2. The molecule has 2 fully saturated rings. The van der Waals surface area contributed by atoms with Crippen molar-refractivity contribution in [3.05, 3.63) is 60.8 Å². The Morgan fingerprint density at radius 3 is 2.58 bits per heavy atom. The Bertz CT molecular complexity index is 1670. The lowest BCUT2D eigenvalue weighted by Gasteiger charge is -2.38. The SMILES string of the molecule is O=S(=O)(c1cnc2ccccc2c1)N1CCC2(CC1)C[C@@H](NC[C@H](O)COc1cccc(S(=O)(=O)C(F)(F)CO)c1)CO2. The number of nitrogens with zero attached hydrogens (tertiary/aromatic N) is 2. The molecule has 0 amide bonds. The zero-order chi connectivity index (χ0) is 30.9. The van der Waals surface area contributed by atoms with Crippen molar-refractivity contribution in [3.63, 3.8) is 0 Å². The number of hydrogen-bond donors (Lipinski definition) is 3. The van der Waals surface area contributed by atoms with Crippen LogP contribution in [-0.4, -0.2) is 98.8 Å². The van der Waals surface area contributed by atoms with Gasteiger partial charge >= 0.3 is 5.25 Å². The minimum absolute atomic E-state index is 0.0294. The van der Waals surface area contributed by atoms with Gasteiger partial charge in [-0.15, -0.1) is 0 Å². The van der Waals surface area contributed by atoms with Crippen LogP contribution in [0.4, 0.5) is 8.78 Å². The van der Waals surface area contributed by atoms with Crippen molar-refractivity contribution in [1.82, 2.24) is 14.6 Å². The average Bonchev–Trinajstić information content (AvgIpc) is 3.40. The van der Waals surface area contributed by atoms with Crippen LogP contribution in [0.3, 0.4) is 0 Å². The van der Waals surface area contributed by atoms with Gasteiger partial charge in [0.1, 0.15) is 30.0 Å². The summed E-state index contributed by atoms with van der Waals surface area (Å²) in [6.07, 6.45) is 2.05. The Morgan fingerprint density at radius 1 is 1.09 bits per heavy atom. The molecule has 2 aromatic carbocycles. The highest BCUT2D eigenvalue weighted by Crippen LogP contribution is 2.37. The molecule has 1 spiro atoms. The first kappa shape index (κ1) is 31.6. The number of alkyl halides is 2. The molecule has 11 nitrogen and oxygen atoms in total. The van der Waals surface area contributed by atoms with Gasteiger partial charge in [-0.1, -0.05) is 24.3 Å². The topological polar surface area (TPSA) is 155 Å². The Labute approximate surface area is 248 Å². The number of piperidine rings is 1. The van der Waals surface area contributed by atoms with E-state index >= 15 is 0 Å². The summed E-state index contributed by atoms with van der Waals surface area (Å²) in [5, 5.41) is 18.8. The van der Waals surface area contributed by atoms with Crippen molar-refractivity contribution < 1.29 is 45.3 Å². The summed E-state index contributed by atoms with van der Waals surface area (Å²) in [7, 11) is -8.82. The Hall–Kier alpha value is -2.79. The number of aliphatic hydroxyl groups is 2. The Kier molecular flexibility index (Phi) is 9.05. The van der Waals surface area contributed by atoms with Crippen molar-refractivity contribution in [2.24, 2.45) is 0 Å². The number of sulfone groups is 1. The fourth-order valence-corrected chi connectivity index (χ4v) is 7.81. The minimum atomic E-state index is -5.11. The molecular formula is C28H33F2N3O8S2. The van der Waals surface area contributed by atoms with Gasteiger partial charge in [-0.05, 0) is 49.6 Å². The van der Waals surface area contributed by atoms with E-state index in [0.717, 1.165) is 23.0 Å². The quantitative estimate of drug-likeness (QED) is 0.283. The summed E-state index contributed by atoms with van der Waals surface area (Å²) in [5.74, 6) is -0.0294. The third-order valence-electron chi connectivity index (χ3n) is 7.82. The molecule has 0 aliphatic carbocycles. The third kappa shape index (κ3) is 6.67. The number of rotatable bonds is 11. The van der Waals surface area contributed by atoms with Crippen LogP contribution in [0.1, 0.15) is 19.3 Å². The number of fused-ring (bicyclic) bond motifs is 1. The second kappa shape index (κ2) is 12.3. The van der Waals surface area contributed by atoms with Crippen LogP contribution in [0, 0.1) is 0 Å². The molecule has 43 heavy (non-hydrogen) atoms. The van der Waals surface area contributed by atoms with Gasteiger partial charge < -0.3 is 25.0 Å². The zero-order valence-corrected chi connectivity index (χ0v) is 24.7. The van der Waals surface area contributed by atoms with Gasteiger partial charge in [0.15, 0.2) is 0 Å². The van der Waals surface area contributed by atoms with Crippen LogP contribution in [0.2, 0.25) is 0 Å². The molecule has 0 bridgehead atoms. The fraction of sp³-hybridized carbons (Fsp3) is 0.464. The molecule has 234 valence electrons. The maximum absolute atomic E-state index is 13.7. The normalized spacial score (nSPS) is 20.4. The standard InChI is InChI=1S/C28H33F2N3O8S2/c29-28(30,19-34)42(36,37)24-6-3-5-23(13-24)40-18-22(35)15-31-21-14-27(41-17-21)8-10-33(11-9-27)43(38,39)25-12-20-4-1-2-7-26(20)32-16-25/h1-7,12-13,16,21-22,31,34-35H,8-11,14-15,17-19H2/t21-,22+/m1/s1.